The van der Waals surface area contributed by atoms with Gasteiger partial charge in [-0.2, -0.15) is 0 Å². The molecule has 0 aromatic carbocycles. The molecule has 0 bridgehead atoms. The molecule has 2 nitrogen and oxygen atoms in total. The highest BCUT2D eigenvalue weighted by molar-refractivity contribution is 5.25. The van der Waals surface area contributed by atoms with E-state index in [0.717, 1.165) is 49.5 Å². The Balaban J connectivity index is 1.64. The number of fused-ring (bicyclic) bond motifs is 5. The van der Waals surface area contributed by atoms with Crippen LogP contribution in [0.1, 0.15) is 51.9 Å². The summed E-state index contributed by atoms with van der Waals surface area (Å²) in [6.45, 7) is 6.43. The van der Waals surface area contributed by atoms with Gasteiger partial charge < -0.3 is 10.2 Å². The highest BCUT2D eigenvalue weighted by Gasteiger charge is 2.56. The van der Waals surface area contributed by atoms with Gasteiger partial charge in [-0.1, -0.05) is 25.2 Å². The van der Waals surface area contributed by atoms with Crippen molar-refractivity contribution < 1.29 is 10.2 Å². The first kappa shape index (κ1) is 14.0. The number of allylic oxidation sites excluding steroid dienone is 1. The van der Waals surface area contributed by atoms with Crippen molar-refractivity contribution in [1.29, 1.82) is 0 Å². The van der Waals surface area contributed by atoms with Gasteiger partial charge in [0.2, 0.25) is 0 Å². The summed E-state index contributed by atoms with van der Waals surface area (Å²) in [5.41, 5.74) is 2.67. The van der Waals surface area contributed by atoms with Crippen LogP contribution in [0.15, 0.2) is 23.8 Å². The summed E-state index contributed by atoms with van der Waals surface area (Å²) in [6, 6.07) is 0. The molecule has 3 saturated carbocycles. The fourth-order valence-electron chi connectivity index (χ4n) is 6.18. The summed E-state index contributed by atoms with van der Waals surface area (Å²) in [5.74, 6) is 2.83. The third-order valence-electron chi connectivity index (χ3n) is 7.35. The van der Waals surface area contributed by atoms with Crippen molar-refractivity contribution in [3.63, 3.8) is 0 Å². The topological polar surface area (TPSA) is 40.5 Å². The Labute approximate surface area is 127 Å². The molecule has 116 valence electrons. The fourth-order valence-corrected chi connectivity index (χ4v) is 6.18. The number of hydrogen-bond acceptors (Lipinski definition) is 2. The van der Waals surface area contributed by atoms with Gasteiger partial charge in [-0.3, -0.25) is 0 Å². The van der Waals surface area contributed by atoms with E-state index in [1.807, 2.05) is 0 Å². The first-order valence-corrected chi connectivity index (χ1v) is 8.73. The summed E-state index contributed by atoms with van der Waals surface area (Å²) in [6.07, 6.45) is 9.67. The molecule has 0 aromatic heterocycles. The van der Waals surface area contributed by atoms with Crippen LogP contribution >= 0.6 is 0 Å². The van der Waals surface area contributed by atoms with E-state index in [1.165, 1.54) is 18.4 Å². The van der Waals surface area contributed by atoms with Crippen molar-refractivity contribution in [2.75, 3.05) is 0 Å². The van der Waals surface area contributed by atoms with Crippen molar-refractivity contribution in [1.82, 2.24) is 0 Å². The van der Waals surface area contributed by atoms with Crippen molar-refractivity contribution in [2.45, 2.75) is 64.1 Å². The molecule has 0 amide bonds. The molecule has 7 atom stereocenters. The first-order valence-electron chi connectivity index (χ1n) is 8.73. The van der Waals surface area contributed by atoms with Gasteiger partial charge in [0.25, 0.3) is 0 Å². The van der Waals surface area contributed by atoms with Crippen LogP contribution in [0.4, 0.5) is 0 Å². The van der Waals surface area contributed by atoms with Gasteiger partial charge in [-0.25, -0.2) is 0 Å². The zero-order valence-corrected chi connectivity index (χ0v) is 13.1. The van der Waals surface area contributed by atoms with E-state index < -0.39 is 0 Å². The van der Waals surface area contributed by atoms with Crippen molar-refractivity contribution in [3.05, 3.63) is 23.8 Å². The minimum atomic E-state index is -0.290. The summed E-state index contributed by atoms with van der Waals surface area (Å²) in [4.78, 5) is 0. The van der Waals surface area contributed by atoms with Crippen LogP contribution in [0.3, 0.4) is 0 Å². The molecule has 21 heavy (non-hydrogen) atoms. The smallest absolute Gasteiger partial charge is 0.0804 e. The second kappa shape index (κ2) is 4.70. The lowest BCUT2D eigenvalue weighted by molar-refractivity contribution is -0.0459. The van der Waals surface area contributed by atoms with E-state index in [9.17, 15) is 10.2 Å². The molecule has 2 heteroatoms. The van der Waals surface area contributed by atoms with Crippen LogP contribution in [-0.2, 0) is 0 Å². The Bertz CT molecular complexity index is 494. The number of aliphatic hydroxyl groups excluding tert-OH is 2. The molecule has 0 spiro atoms. The Hall–Kier alpha value is -0.600. The zero-order chi connectivity index (χ0) is 14.8. The van der Waals surface area contributed by atoms with Crippen molar-refractivity contribution >= 4 is 0 Å². The second-order valence-electron chi connectivity index (χ2n) is 8.30. The lowest BCUT2D eigenvalue weighted by Gasteiger charge is -2.52. The maximum atomic E-state index is 10.6. The maximum Gasteiger partial charge on any atom is 0.0804 e. The van der Waals surface area contributed by atoms with Crippen LogP contribution in [0.2, 0.25) is 0 Å². The molecule has 0 heterocycles. The quantitative estimate of drug-likeness (QED) is 0.670. The molecule has 0 radical (unpaired) electrons. The Morgan fingerprint density at radius 3 is 2.76 bits per heavy atom. The van der Waals surface area contributed by atoms with E-state index in [0.29, 0.717) is 11.8 Å². The van der Waals surface area contributed by atoms with E-state index in [-0.39, 0.29) is 17.6 Å². The minimum absolute atomic E-state index is 0.0672. The van der Waals surface area contributed by atoms with Gasteiger partial charge in [0, 0.05) is 5.41 Å². The monoisotopic (exact) mass is 288 g/mol. The average Bonchev–Trinajstić information content (AvgIpc) is 2.70. The third kappa shape index (κ3) is 1.91. The highest BCUT2D eigenvalue weighted by Crippen LogP contribution is 2.62. The Kier molecular flexibility index (Phi) is 3.14. The van der Waals surface area contributed by atoms with Crippen LogP contribution in [-0.4, -0.2) is 22.4 Å². The van der Waals surface area contributed by atoms with Crippen LogP contribution in [0.25, 0.3) is 0 Å². The molecular formula is C19H28O2. The van der Waals surface area contributed by atoms with E-state index in [1.54, 1.807) is 0 Å². The molecular weight excluding hydrogens is 260 g/mol. The molecule has 0 aliphatic heterocycles. The SMILES string of the molecule is C=C1CC2C3CC=C4C[C@@H](O)CC[C@@H]4C3CC[C@]2(C)[C@H]1O. The summed E-state index contributed by atoms with van der Waals surface area (Å²) in [7, 11) is 0. The Morgan fingerprint density at radius 1 is 1.14 bits per heavy atom. The van der Waals surface area contributed by atoms with Gasteiger partial charge >= 0.3 is 0 Å². The molecule has 0 saturated heterocycles. The van der Waals surface area contributed by atoms with Crippen LogP contribution < -0.4 is 0 Å². The average molecular weight is 288 g/mol. The highest BCUT2D eigenvalue weighted by atomic mass is 16.3. The largest absolute Gasteiger partial charge is 0.393 e. The summed E-state index contributed by atoms with van der Waals surface area (Å²) >= 11 is 0. The predicted octanol–water partition coefficient (Wildman–Crippen LogP) is 3.45. The van der Waals surface area contributed by atoms with Gasteiger partial charge in [-0.15, -0.1) is 0 Å². The molecule has 3 unspecified atom stereocenters. The molecule has 0 aromatic rings. The third-order valence-corrected chi connectivity index (χ3v) is 7.35. The molecule has 4 rings (SSSR count). The van der Waals surface area contributed by atoms with Crippen molar-refractivity contribution in [2.24, 2.45) is 29.1 Å². The van der Waals surface area contributed by atoms with Crippen LogP contribution in [0.5, 0.6) is 0 Å². The van der Waals surface area contributed by atoms with E-state index in [2.05, 4.69) is 19.6 Å². The van der Waals surface area contributed by atoms with E-state index in [4.69, 9.17) is 0 Å². The maximum absolute atomic E-state index is 10.6. The summed E-state index contributed by atoms with van der Waals surface area (Å²) < 4.78 is 0. The number of aliphatic hydroxyl groups is 2. The minimum Gasteiger partial charge on any atom is -0.393 e. The van der Waals surface area contributed by atoms with Gasteiger partial charge in [0.15, 0.2) is 0 Å². The molecule has 4 aliphatic carbocycles. The molecule has 4 aliphatic rings. The second-order valence-corrected chi connectivity index (χ2v) is 8.30. The molecule has 3 fully saturated rings. The van der Waals surface area contributed by atoms with Crippen molar-refractivity contribution in [3.8, 4) is 0 Å². The van der Waals surface area contributed by atoms with Gasteiger partial charge in [-0.05, 0) is 74.2 Å². The lowest BCUT2D eigenvalue weighted by atomic mass is 9.53. The normalized spacial score (nSPS) is 52.7. The van der Waals surface area contributed by atoms with Gasteiger partial charge in [0.05, 0.1) is 12.2 Å². The fraction of sp³-hybridized carbons (Fsp3) is 0.789. The number of rotatable bonds is 0. The van der Waals surface area contributed by atoms with Crippen LogP contribution in [0, 0.1) is 29.1 Å². The first-order chi connectivity index (χ1) is 10.0. The standard InChI is InChI=1S/C19H28O2/c1-11-9-17-16-5-3-12-10-13(20)4-6-14(12)15(16)7-8-19(17,2)18(11)21/h3,13-18,20-21H,1,4-10H2,2H3/t13-,14-,15?,16?,17?,18-,19-/m0/s1. The number of hydrogen-bond donors (Lipinski definition) is 2. The Morgan fingerprint density at radius 2 is 1.95 bits per heavy atom. The van der Waals surface area contributed by atoms with E-state index >= 15 is 0 Å². The predicted molar refractivity (Wildman–Crippen MR) is 83.6 cm³/mol. The summed E-state index contributed by atoms with van der Waals surface area (Å²) in [5, 5.41) is 20.5. The zero-order valence-electron chi connectivity index (χ0n) is 13.1. The van der Waals surface area contributed by atoms with Gasteiger partial charge in [0.1, 0.15) is 0 Å². The lowest BCUT2D eigenvalue weighted by Crippen LogP contribution is -2.47. The molecule has 2 N–H and O–H groups in total.